The maximum absolute atomic E-state index is 12.8. The molecule has 1 saturated heterocycles. The van der Waals surface area contributed by atoms with Gasteiger partial charge in [-0.1, -0.05) is 12.1 Å². The molecule has 2 aromatic heterocycles. The molecule has 0 bridgehead atoms. The zero-order valence-electron chi connectivity index (χ0n) is 19.1. The highest BCUT2D eigenvalue weighted by Crippen LogP contribution is 2.33. The van der Waals surface area contributed by atoms with E-state index in [1.165, 1.54) is 18.4 Å². The van der Waals surface area contributed by atoms with Gasteiger partial charge in [0.2, 0.25) is 0 Å². The highest BCUT2D eigenvalue weighted by molar-refractivity contribution is 7.16. The molecule has 3 heterocycles. The average molecular weight is 470 g/mol. The number of nitrogens with one attached hydrogen (secondary N) is 2. The second kappa shape index (κ2) is 9.22. The van der Waals surface area contributed by atoms with Crippen molar-refractivity contribution in [2.45, 2.75) is 32.7 Å². The molecule has 1 fully saturated rings. The fourth-order valence-corrected chi connectivity index (χ4v) is 5.14. The van der Waals surface area contributed by atoms with E-state index in [0.717, 1.165) is 21.5 Å². The number of benzene rings is 1. The monoisotopic (exact) mass is 469 g/mol. The van der Waals surface area contributed by atoms with Crippen LogP contribution in [0.2, 0.25) is 0 Å². The van der Waals surface area contributed by atoms with Gasteiger partial charge in [-0.05, 0) is 44.4 Å². The lowest BCUT2D eigenvalue weighted by Gasteiger charge is -2.33. The molecule has 0 saturated carbocycles. The molecule has 174 valence electrons. The Bertz CT molecular complexity index is 1270. The van der Waals surface area contributed by atoms with E-state index in [1.54, 1.807) is 11.6 Å². The summed E-state index contributed by atoms with van der Waals surface area (Å²) >= 11 is 1.35. The number of ether oxygens (including phenoxy) is 1. The summed E-state index contributed by atoms with van der Waals surface area (Å²) in [6, 6.07) is 7.16. The molecule has 4 rings (SSSR count). The number of thiophene rings is 1. The van der Waals surface area contributed by atoms with Crippen molar-refractivity contribution in [2.75, 3.05) is 30.4 Å². The maximum Gasteiger partial charge on any atom is 0.341 e. The quantitative estimate of drug-likeness (QED) is 0.569. The number of methoxy groups -OCH3 is 1. The number of aromatic nitrogens is 2. The van der Waals surface area contributed by atoms with Crippen LogP contribution in [0.1, 0.15) is 33.6 Å². The van der Waals surface area contributed by atoms with Gasteiger partial charge in [-0.3, -0.25) is 10.1 Å². The minimum atomic E-state index is -0.468. The third kappa shape index (κ3) is 4.43. The summed E-state index contributed by atoms with van der Waals surface area (Å²) in [4.78, 5) is 45.1. The third-order valence-corrected chi connectivity index (χ3v) is 7.22. The summed E-state index contributed by atoms with van der Waals surface area (Å²) in [6.07, 6.45) is 1.36. The zero-order valence-corrected chi connectivity index (χ0v) is 19.9. The Morgan fingerprint density at radius 3 is 2.58 bits per heavy atom. The highest BCUT2D eigenvalue weighted by Gasteiger charge is 2.26. The van der Waals surface area contributed by atoms with Crippen LogP contribution in [0.15, 0.2) is 29.1 Å². The lowest BCUT2D eigenvalue weighted by Crippen LogP contribution is -2.47. The molecular weight excluding hydrogens is 442 g/mol. The predicted octanol–water partition coefficient (Wildman–Crippen LogP) is 3.19. The molecule has 10 heteroatoms. The van der Waals surface area contributed by atoms with Crippen LogP contribution in [0.3, 0.4) is 0 Å². The number of hydrogen-bond donors (Lipinski definition) is 2. The van der Waals surface area contributed by atoms with Gasteiger partial charge in [-0.2, -0.15) is 0 Å². The number of urea groups is 1. The number of rotatable bonds is 4. The van der Waals surface area contributed by atoms with Crippen LogP contribution in [-0.4, -0.2) is 47.8 Å². The van der Waals surface area contributed by atoms with Gasteiger partial charge in [0.25, 0.3) is 5.56 Å². The molecule has 0 aliphatic carbocycles. The van der Waals surface area contributed by atoms with E-state index in [4.69, 9.17) is 4.74 Å². The number of carbonyl (C=O) groups excluding carboxylic acids is 2. The lowest BCUT2D eigenvalue weighted by atomic mass is 10.1. The van der Waals surface area contributed by atoms with E-state index in [0.29, 0.717) is 42.3 Å². The Labute approximate surface area is 195 Å². The average Bonchev–Trinajstić information content (AvgIpc) is 3.09. The van der Waals surface area contributed by atoms with E-state index in [9.17, 15) is 14.4 Å². The predicted molar refractivity (Wildman–Crippen MR) is 130 cm³/mol. The zero-order chi connectivity index (χ0) is 23.7. The van der Waals surface area contributed by atoms with Crippen LogP contribution in [0, 0.1) is 13.8 Å². The van der Waals surface area contributed by atoms with Gasteiger partial charge in [0.05, 0.1) is 23.7 Å². The highest BCUT2D eigenvalue weighted by atomic mass is 32.1. The fourth-order valence-electron chi connectivity index (χ4n) is 4.09. The SMILES string of the molecule is COC(=O)c1c(NC(=O)NC2CCN(c3nc4ccccc4n(C)c3=O)CC2)sc(C)c1C. The molecule has 2 amide bonds. The Hall–Kier alpha value is -3.40. The molecule has 1 aliphatic rings. The van der Waals surface area contributed by atoms with Crippen LogP contribution in [-0.2, 0) is 11.8 Å². The molecular formula is C23H27N5O4S. The summed E-state index contributed by atoms with van der Waals surface area (Å²) < 4.78 is 6.48. The van der Waals surface area contributed by atoms with E-state index >= 15 is 0 Å². The van der Waals surface area contributed by atoms with E-state index in [1.807, 2.05) is 43.0 Å². The van der Waals surface area contributed by atoms with E-state index < -0.39 is 5.97 Å². The number of nitrogens with zero attached hydrogens (tertiary/aromatic N) is 3. The maximum atomic E-state index is 12.8. The first kappa shape index (κ1) is 22.8. The molecule has 2 N–H and O–H groups in total. The number of fused-ring (bicyclic) bond motifs is 1. The Morgan fingerprint density at radius 1 is 1.18 bits per heavy atom. The molecule has 9 nitrogen and oxygen atoms in total. The van der Waals surface area contributed by atoms with Gasteiger partial charge in [-0.15, -0.1) is 11.3 Å². The van der Waals surface area contributed by atoms with Gasteiger partial charge in [0, 0.05) is 31.1 Å². The van der Waals surface area contributed by atoms with Gasteiger partial charge in [0.1, 0.15) is 5.00 Å². The first-order chi connectivity index (χ1) is 15.8. The number of amides is 2. The Kier molecular flexibility index (Phi) is 6.37. The van der Waals surface area contributed by atoms with Crippen molar-refractivity contribution >= 4 is 45.2 Å². The standard InChI is InChI=1S/C23H27N5O4S/c1-13-14(2)33-20(18(13)22(30)32-4)26-23(31)24-15-9-11-28(12-10-15)19-21(29)27(3)17-8-6-5-7-16(17)25-19/h5-8,15H,9-12H2,1-4H3,(H2,24,26,31). The normalized spacial score (nSPS) is 14.4. The van der Waals surface area contributed by atoms with Crippen LogP contribution in [0.4, 0.5) is 15.6 Å². The minimum Gasteiger partial charge on any atom is -0.465 e. The number of hydrogen-bond acceptors (Lipinski definition) is 7. The second-order valence-corrected chi connectivity index (χ2v) is 9.35. The molecule has 1 aliphatic heterocycles. The van der Waals surface area contributed by atoms with Crippen LogP contribution >= 0.6 is 11.3 Å². The Morgan fingerprint density at radius 2 is 1.88 bits per heavy atom. The number of para-hydroxylation sites is 2. The third-order valence-electron chi connectivity index (χ3n) is 6.10. The van der Waals surface area contributed by atoms with Crippen molar-refractivity contribution in [3.63, 3.8) is 0 Å². The van der Waals surface area contributed by atoms with Gasteiger partial charge in [0.15, 0.2) is 5.82 Å². The van der Waals surface area contributed by atoms with Crippen LogP contribution in [0.5, 0.6) is 0 Å². The summed E-state index contributed by atoms with van der Waals surface area (Å²) in [7, 11) is 3.08. The molecule has 0 radical (unpaired) electrons. The van der Waals surface area contributed by atoms with E-state index in [-0.39, 0.29) is 17.6 Å². The van der Waals surface area contributed by atoms with Crippen molar-refractivity contribution in [3.8, 4) is 0 Å². The summed E-state index contributed by atoms with van der Waals surface area (Å²) in [5.74, 6) is -0.0312. The number of carbonyl (C=O) groups is 2. The first-order valence-electron chi connectivity index (χ1n) is 10.8. The van der Waals surface area contributed by atoms with Crippen molar-refractivity contribution in [1.29, 1.82) is 0 Å². The largest absolute Gasteiger partial charge is 0.465 e. The lowest BCUT2D eigenvalue weighted by molar-refractivity contribution is 0.0601. The molecule has 0 unspecified atom stereocenters. The Balaban J connectivity index is 1.41. The van der Waals surface area contributed by atoms with Gasteiger partial charge in [-0.25, -0.2) is 14.6 Å². The molecule has 3 aromatic rings. The fraction of sp³-hybridized carbons (Fsp3) is 0.391. The van der Waals surface area contributed by atoms with Crippen molar-refractivity contribution in [1.82, 2.24) is 14.9 Å². The second-order valence-electron chi connectivity index (χ2n) is 8.13. The summed E-state index contributed by atoms with van der Waals surface area (Å²) in [5.41, 5.74) is 2.64. The smallest absolute Gasteiger partial charge is 0.341 e. The van der Waals surface area contributed by atoms with Gasteiger partial charge >= 0.3 is 12.0 Å². The molecule has 1 aromatic carbocycles. The number of piperidine rings is 1. The molecule has 0 spiro atoms. The minimum absolute atomic E-state index is 0.0470. The number of aryl methyl sites for hydroxylation is 2. The topological polar surface area (TPSA) is 106 Å². The molecule has 33 heavy (non-hydrogen) atoms. The van der Waals surface area contributed by atoms with Gasteiger partial charge < -0.3 is 19.5 Å². The number of esters is 1. The molecule has 0 atom stereocenters. The van der Waals surface area contributed by atoms with Crippen molar-refractivity contribution < 1.29 is 14.3 Å². The van der Waals surface area contributed by atoms with Crippen LogP contribution in [0.25, 0.3) is 11.0 Å². The summed E-state index contributed by atoms with van der Waals surface area (Å²) in [6.45, 7) is 4.95. The first-order valence-corrected chi connectivity index (χ1v) is 11.6. The number of anilines is 2. The van der Waals surface area contributed by atoms with E-state index in [2.05, 4.69) is 15.6 Å². The van der Waals surface area contributed by atoms with Crippen LogP contribution < -0.4 is 21.1 Å². The van der Waals surface area contributed by atoms with Crippen molar-refractivity contribution in [2.24, 2.45) is 7.05 Å². The summed E-state index contributed by atoms with van der Waals surface area (Å²) in [5, 5.41) is 6.27. The van der Waals surface area contributed by atoms with Crippen molar-refractivity contribution in [3.05, 3.63) is 50.6 Å².